The second-order valence-electron chi connectivity index (χ2n) is 3.67. The van der Waals surface area contributed by atoms with E-state index in [0.717, 1.165) is 5.75 Å². The summed E-state index contributed by atoms with van der Waals surface area (Å²) in [5.41, 5.74) is 8.92. The quantitative estimate of drug-likeness (QED) is 0.337. The fraction of sp³-hybridized carbons (Fsp3) is 0.143. The highest BCUT2D eigenvalue weighted by molar-refractivity contribution is 5.51. The molecule has 0 saturated carbocycles. The van der Waals surface area contributed by atoms with E-state index >= 15 is 0 Å². The van der Waals surface area contributed by atoms with Crippen LogP contribution in [0.25, 0.3) is 10.4 Å². The number of hydrogen-bond donors (Lipinski definition) is 0. The molecule has 96 valence electrons. The van der Waals surface area contributed by atoms with E-state index in [1.165, 1.54) is 0 Å². The predicted molar refractivity (Wildman–Crippen MR) is 72.7 cm³/mol. The van der Waals surface area contributed by atoms with Crippen LogP contribution in [-0.2, 0) is 0 Å². The number of azide groups is 1. The Labute approximate surface area is 111 Å². The van der Waals surface area contributed by atoms with Crippen LogP contribution in [0.5, 0.6) is 11.5 Å². The summed E-state index contributed by atoms with van der Waals surface area (Å²) in [5, 5.41) is 3.56. The van der Waals surface area contributed by atoms with Crippen molar-refractivity contribution in [1.82, 2.24) is 0 Å². The van der Waals surface area contributed by atoms with Crippen LogP contribution in [0.15, 0.2) is 59.7 Å². The van der Waals surface area contributed by atoms with E-state index in [1.807, 2.05) is 36.4 Å². The van der Waals surface area contributed by atoms with Gasteiger partial charge in [0.25, 0.3) is 0 Å². The highest BCUT2D eigenvalue weighted by atomic mass is 16.5. The first-order valence-corrected chi connectivity index (χ1v) is 5.85. The lowest BCUT2D eigenvalue weighted by atomic mass is 10.3. The molecule has 0 aliphatic rings. The maximum Gasteiger partial charge on any atom is 0.129 e. The van der Waals surface area contributed by atoms with Crippen molar-refractivity contribution in [1.29, 1.82) is 0 Å². The summed E-state index contributed by atoms with van der Waals surface area (Å²) in [6, 6.07) is 16.6. The molecule has 0 atom stereocenters. The Hall–Kier alpha value is -2.65. The van der Waals surface area contributed by atoms with Crippen molar-refractivity contribution in [3.05, 3.63) is 65.0 Å². The Morgan fingerprint density at radius 1 is 0.895 bits per heavy atom. The fourth-order valence-corrected chi connectivity index (χ4v) is 1.54. The van der Waals surface area contributed by atoms with Crippen molar-refractivity contribution in [2.75, 3.05) is 13.2 Å². The minimum absolute atomic E-state index is 0.382. The topological polar surface area (TPSA) is 67.2 Å². The number of rotatable bonds is 6. The standard InChI is InChI=1S/C14H13N3O2/c15-17-16-13-8-4-5-9-14(13)19-11-10-18-12-6-2-1-3-7-12/h1-9H,10-11H2. The number of hydrogen-bond acceptors (Lipinski definition) is 3. The van der Waals surface area contributed by atoms with Crippen LogP contribution in [0.1, 0.15) is 0 Å². The molecule has 0 aliphatic heterocycles. The van der Waals surface area contributed by atoms with Gasteiger partial charge in [0.1, 0.15) is 24.7 Å². The molecule has 0 radical (unpaired) electrons. The maximum absolute atomic E-state index is 8.44. The molecule has 0 bridgehead atoms. The van der Waals surface area contributed by atoms with Gasteiger partial charge in [0.2, 0.25) is 0 Å². The molecule has 0 saturated heterocycles. The zero-order valence-electron chi connectivity index (χ0n) is 10.3. The SMILES string of the molecule is [N-]=[N+]=Nc1ccccc1OCCOc1ccccc1. The molecule has 2 aromatic rings. The van der Waals surface area contributed by atoms with Gasteiger partial charge < -0.3 is 9.47 Å². The Kier molecular flexibility index (Phi) is 4.67. The lowest BCUT2D eigenvalue weighted by molar-refractivity contribution is 0.217. The molecule has 0 N–H and O–H groups in total. The van der Waals surface area contributed by atoms with Crippen molar-refractivity contribution < 1.29 is 9.47 Å². The Morgan fingerprint density at radius 3 is 2.37 bits per heavy atom. The normalized spacial score (nSPS) is 9.47. The largest absolute Gasteiger partial charge is 0.490 e. The summed E-state index contributed by atoms with van der Waals surface area (Å²) in [5.74, 6) is 1.35. The van der Waals surface area contributed by atoms with Crippen LogP contribution < -0.4 is 9.47 Å². The maximum atomic E-state index is 8.44. The van der Waals surface area contributed by atoms with E-state index in [1.54, 1.807) is 18.2 Å². The number of ether oxygens (including phenoxy) is 2. The highest BCUT2D eigenvalue weighted by Gasteiger charge is 2.00. The Bertz CT molecular complexity index is 566. The van der Waals surface area contributed by atoms with Gasteiger partial charge in [0.15, 0.2) is 0 Å². The average Bonchev–Trinajstić information content (AvgIpc) is 2.47. The Balaban J connectivity index is 1.84. The molecule has 0 heterocycles. The third kappa shape index (κ3) is 3.94. The van der Waals surface area contributed by atoms with E-state index in [0.29, 0.717) is 24.7 Å². The average molecular weight is 255 g/mol. The van der Waals surface area contributed by atoms with Crippen molar-refractivity contribution >= 4 is 5.69 Å². The monoisotopic (exact) mass is 255 g/mol. The van der Waals surface area contributed by atoms with E-state index in [4.69, 9.17) is 15.0 Å². The van der Waals surface area contributed by atoms with Crippen molar-refractivity contribution in [3.8, 4) is 11.5 Å². The minimum atomic E-state index is 0.382. The Morgan fingerprint density at radius 2 is 1.58 bits per heavy atom. The van der Waals surface area contributed by atoms with Gasteiger partial charge in [0.05, 0.1) is 5.69 Å². The van der Waals surface area contributed by atoms with Crippen LogP contribution in [0, 0.1) is 0 Å². The van der Waals surface area contributed by atoms with Crippen LogP contribution in [0.2, 0.25) is 0 Å². The summed E-state index contributed by atoms with van der Waals surface area (Å²) in [4.78, 5) is 2.76. The molecule has 19 heavy (non-hydrogen) atoms. The van der Waals surface area contributed by atoms with Gasteiger partial charge in [-0.05, 0) is 29.8 Å². The molecule has 0 spiro atoms. The molecule has 0 amide bonds. The molecule has 5 heteroatoms. The summed E-state index contributed by atoms with van der Waals surface area (Å²) in [6.07, 6.45) is 0. The summed E-state index contributed by atoms with van der Waals surface area (Å²) >= 11 is 0. The number of nitrogens with zero attached hydrogens (tertiary/aromatic N) is 3. The van der Waals surface area contributed by atoms with E-state index in [-0.39, 0.29) is 0 Å². The number of benzene rings is 2. The van der Waals surface area contributed by atoms with E-state index < -0.39 is 0 Å². The van der Waals surface area contributed by atoms with Crippen LogP contribution >= 0.6 is 0 Å². The second kappa shape index (κ2) is 6.93. The zero-order valence-corrected chi connectivity index (χ0v) is 10.3. The smallest absolute Gasteiger partial charge is 0.129 e. The minimum Gasteiger partial charge on any atom is -0.490 e. The van der Waals surface area contributed by atoms with Gasteiger partial charge in [-0.2, -0.15) is 0 Å². The summed E-state index contributed by atoms with van der Waals surface area (Å²) in [7, 11) is 0. The molecular weight excluding hydrogens is 242 g/mol. The summed E-state index contributed by atoms with van der Waals surface area (Å²) in [6.45, 7) is 0.807. The van der Waals surface area contributed by atoms with E-state index in [9.17, 15) is 0 Å². The van der Waals surface area contributed by atoms with Crippen molar-refractivity contribution in [3.63, 3.8) is 0 Å². The fourth-order valence-electron chi connectivity index (χ4n) is 1.54. The van der Waals surface area contributed by atoms with Gasteiger partial charge in [-0.25, -0.2) is 0 Å². The molecule has 0 fully saturated rings. The van der Waals surface area contributed by atoms with E-state index in [2.05, 4.69) is 10.0 Å². The first-order valence-electron chi connectivity index (χ1n) is 5.85. The van der Waals surface area contributed by atoms with Gasteiger partial charge >= 0.3 is 0 Å². The second-order valence-corrected chi connectivity index (χ2v) is 3.67. The lowest BCUT2D eigenvalue weighted by Crippen LogP contribution is -2.08. The molecular formula is C14H13N3O2. The molecule has 0 aromatic heterocycles. The lowest BCUT2D eigenvalue weighted by Gasteiger charge is -2.09. The van der Waals surface area contributed by atoms with Crippen LogP contribution in [-0.4, -0.2) is 13.2 Å². The third-order valence-corrected chi connectivity index (χ3v) is 2.37. The van der Waals surface area contributed by atoms with Crippen LogP contribution in [0.4, 0.5) is 5.69 Å². The first-order chi connectivity index (χ1) is 9.40. The van der Waals surface area contributed by atoms with Crippen molar-refractivity contribution in [2.45, 2.75) is 0 Å². The molecule has 0 aliphatic carbocycles. The third-order valence-electron chi connectivity index (χ3n) is 2.37. The van der Waals surface area contributed by atoms with Gasteiger partial charge in [-0.15, -0.1) is 0 Å². The molecule has 2 aromatic carbocycles. The zero-order chi connectivity index (χ0) is 13.3. The van der Waals surface area contributed by atoms with Crippen molar-refractivity contribution in [2.24, 2.45) is 5.11 Å². The summed E-state index contributed by atoms with van der Waals surface area (Å²) < 4.78 is 11.0. The van der Waals surface area contributed by atoms with Gasteiger partial charge in [0, 0.05) is 4.91 Å². The molecule has 5 nitrogen and oxygen atoms in total. The van der Waals surface area contributed by atoms with Crippen LogP contribution in [0.3, 0.4) is 0 Å². The van der Waals surface area contributed by atoms with Gasteiger partial charge in [-0.3, -0.25) is 0 Å². The number of para-hydroxylation sites is 2. The molecule has 0 unspecified atom stereocenters. The van der Waals surface area contributed by atoms with Gasteiger partial charge in [-0.1, -0.05) is 35.4 Å². The predicted octanol–water partition coefficient (Wildman–Crippen LogP) is 4.09. The first kappa shape index (κ1) is 12.8. The highest BCUT2D eigenvalue weighted by Crippen LogP contribution is 2.26. The molecule has 2 rings (SSSR count).